The molecule has 3 aromatic rings. The topological polar surface area (TPSA) is 71.1 Å². The Balaban J connectivity index is 1.52. The van der Waals surface area contributed by atoms with E-state index in [0.29, 0.717) is 16.1 Å². The minimum atomic E-state index is -0.264. The number of benzene rings is 1. The predicted octanol–water partition coefficient (Wildman–Crippen LogP) is 4.06. The van der Waals surface area contributed by atoms with Crippen LogP contribution in [-0.2, 0) is 12.8 Å². The molecule has 5 nitrogen and oxygen atoms in total. The molecule has 0 saturated carbocycles. The van der Waals surface area contributed by atoms with E-state index in [1.807, 2.05) is 30.3 Å². The van der Waals surface area contributed by atoms with Crippen LogP contribution in [0.25, 0.3) is 0 Å². The zero-order valence-corrected chi connectivity index (χ0v) is 17.2. The molecule has 2 aromatic heterocycles. The van der Waals surface area contributed by atoms with E-state index in [9.17, 15) is 9.59 Å². The fourth-order valence-electron chi connectivity index (χ4n) is 3.45. The summed E-state index contributed by atoms with van der Waals surface area (Å²) in [7, 11) is 0. The Kier molecular flexibility index (Phi) is 6.21. The van der Waals surface area contributed by atoms with Gasteiger partial charge in [-0.1, -0.05) is 30.0 Å². The van der Waals surface area contributed by atoms with Gasteiger partial charge in [0.25, 0.3) is 11.8 Å². The Morgan fingerprint density at radius 1 is 1.03 bits per heavy atom. The Morgan fingerprint density at radius 3 is 2.67 bits per heavy atom. The van der Waals surface area contributed by atoms with Crippen molar-refractivity contribution in [1.29, 1.82) is 0 Å². The lowest BCUT2D eigenvalue weighted by Crippen LogP contribution is -2.26. The van der Waals surface area contributed by atoms with E-state index in [1.54, 1.807) is 18.3 Å². The van der Waals surface area contributed by atoms with Crippen LogP contribution < -0.4 is 10.6 Å². The number of thiophene rings is 1. The Bertz CT molecular complexity index is 1110. The van der Waals surface area contributed by atoms with E-state index >= 15 is 0 Å². The summed E-state index contributed by atoms with van der Waals surface area (Å²) in [6.07, 6.45) is 7.09. The molecule has 1 aliphatic rings. The largest absolute Gasteiger partial charge is 0.341 e. The molecule has 2 N–H and O–H groups in total. The molecule has 0 unspecified atom stereocenters. The highest BCUT2D eigenvalue weighted by atomic mass is 32.1. The van der Waals surface area contributed by atoms with E-state index < -0.39 is 0 Å². The number of anilines is 1. The van der Waals surface area contributed by atoms with Crippen LogP contribution in [0.3, 0.4) is 0 Å². The van der Waals surface area contributed by atoms with Crippen molar-refractivity contribution in [3.8, 4) is 11.8 Å². The predicted molar refractivity (Wildman–Crippen MR) is 119 cm³/mol. The number of nitrogens with one attached hydrogen (secondary N) is 2. The maximum Gasteiger partial charge on any atom is 0.257 e. The van der Waals surface area contributed by atoms with E-state index in [4.69, 9.17) is 0 Å². The summed E-state index contributed by atoms with van der Waals surface area (Å²) >= 11 is 1.50. The standard InChI is InChI=1S/C24H21N3O2S/c28-22(18-11-7-14-25-16-18)27-24-21(19-12-4-5-13-20(19)30-24)23(29)26-15-6-10-17-8-2-1-3-9-17/h1-3,7-9,11,14,16H,4-5,12-13,15H2,(H,26,29)(H,27,28). The summed E-state index contributed by atoms with van der Waals surface area (Å²) in [5, 5.41) is 6.41. The lowest BCUT2D eigenvalue weighted by atomic mass is 9.95. The van der Waals surface area contributed by atoms with E-state index in [1.165, 1.54) is 22.4 Å². The molecular formula is C24H21N3O2S. The molecule has 1 aliphatic carbocycles. The zero-order valence-electron chi connectivity index (χ0n) is 16.4. The minimum absolute atomic E-state index is 0.196. The van der Waals surface area contributed by atoms with Crippen LogP contribution in [0.15, 0.2) is 54.9 Å². The van der Waals surface area contributed by atoms with Gasteiger partial charge in [0.1, 0.15) is 5.00 Å². The van der Waals surface area contributed by atoms with Gasteiger partial charge < -0.3 is 10.6 Å². The van der Waals surface area contributed by atoms with E-state index in [0.717, 1.165) is 36.8 Å². The molecule has 0 bridgehead atoms. The van der Waals surface area contributed by atoms with Gasteiger partial charge in [-0.2, -0.15) is 0 Å². The van der Waals surface area contributed by atoms with Crippen molar-refractivity contribution in [2.45, 2.75) is 25.7 Å². The van der Waals surface area contributed by atoms with Gasteiger partial charge >= 0.3 is 0 Å². The number of carbonyl (C=O) groups excluding carboxylic acids is 2. The molecule has 1 aromatic carbocycles. The van der Waals surface area contributed by atoms with E-state index in [-0.39, 0.29) is 18.4 Å². The van der Waals surface area contributed by atoms with Crippen LogP contribution in [0.2, 0.25) is 0 Å². The lowest BCUT2D eigenvalue weighted by Gasteiger charge is -2.12. The Hall–Kier alpha value is -3.43. The van der Waals surface area contributed by atoms with Crippen molar-refractivity contribution in [1.82, 2.24) is 10.3 Å². The van der Waals surface area contributed by atoms with Crippen molar-refractivity contribution in [2.24, 2.45) is 0 Å². The van der Waals surface area contributed by atoms with Crippen molar-refractivity contribution < 1.29 is 9.59 Å². The van der Waals surface area contributed by atoms with Gasteiger partial charge in [0.2, 0.25) is 0 Å². The van der Waals surface area contributed by atoms with Crippen LogP contribution in [0.1, 0.15) is 49.6 Å². The molecule has 0 aliphatic heterocycles. The highest BCUT2D eigenvalue weighted by Crippen LogP contribution is 2.38. The number of aryl methyl sites for hydroxylation is 1. The summed E-state index contributed by atoms with van der Waals surface area (Å²) in [5.41, 5.74) is 3.00. The number of pyridine rings is 1. The number of rotatable bonds is 4. The van der Waals surface area contributed by atoms with Gasteiger partial charge in [-0.05, 0) is 55.5 Å². The van der Waals surface area contributed by atoms with Crippen LogP contribution in [-0.4, -0.2) is 23.3 Å². The van der Waals surface area contributed by atoms with Crippen LogP contribution in [0, 0.1) is 11.8 Å². The molecule has 150 valence electrons. The summed E-state index contributed by atoms with van der Waals surface area (Å²) in [4.78, 5) is 30.8. The summed E-state index contributed by atoms with van der Waals surface area (Å²) < 4.78 is 0. The van der Waals surface area contributed by atoms with Gasteiger partial charge in [-0.15, -0.1) is 11.3 Å². The highest BCUT2D eigenvalue weighted by molar-refractivity contribution is 7.17. The molecular weight excluding hydrogens is 394 g/mol. The smallest absolute Gasteiger partial charge is 0.257 e. The quantitative estimate of drug-likeness (QED) is 0.632. The number of aromatic nitrogens is 1. The summed E-state index contributed by atoms with van der Waals surface area (Å²) in [6, 6.07) is 13.1. The van der Waals surface area contributed by atoms with Crippen molar-refractivity contribution in [2.75, 3.05) is 11.9 Å². The van der Waals surface area contributed by atoms with Gasteiger partial charge in [0, 0.05) is 22.8 Å². The molecule has 4 rings (SSSR count). The maximum atomic E-state index is 13.0. The van der Waals surface area contributed by atoms with Crippen molar-refractivity contribution >= 4 is 28.2 Å². The van der Waals surface area contributed by atoms with Crippen molar-refractivity contribution in [3.05, 3.63) is 82.0 Å². The first-order chi connectivity index (χ1) is 14.7. The molecule has 2 amide bonds. The normalized spacial score (nSPS) is 12.3. The zero-order chi connectivity index (χ0) is 20.8. The maximum absolute atomic E-state index is 13.0. The number of carbonyl (C=O) groups is 2. The first-order valence-corrected chi connectivity index (χ1v) is 10.7. The molecule has 6 heteroatoms. The number of nitrogens with zero attached hydrogens (tertiary/aromatic N) is 1. The lowest BCUT2D eigenvalue weighted by molar-refractivity contribution is 0.0959. The monoisotopic (exact) mass is 415 g/mol. The summed E-state index contributed by atoms with van der Waals surface area (Å²) in [6.45, 7) is 0.244. The van der Waals surface area contributed by atoms with Crippen LogP contribution in [0.5, 0.6) is 0 Å². The fraction of sp³-hybridized carbons (Fsp3) is 0.208. The average Bonchev–Trinajstić information content (AvgIpc) is 3.15. The number of hydrogen-bond donors (Lipinski definition) is 2. The Labute approximate surface area is 179 Å². The summed E-state index contributed by atoms with van der Waals surface area (Å²) in [5.74, 6) is 5.56. The van der Waals surface area contributed by atoms with Crippen LogP contribution >= 0.6 is 11.3 Å². The molecule has 0 atom stereocenters. The number of fused-ring (bicyclic) bond motifs is 1. The van der Waals surface area contributed by atoms with Gasteiger partial charge in [0.05, 0.1) is 17.7 Å². The van der Waals surface area contributed by atoms with Gasteiger partial charge in [0.15, 0.2) is 0 Å². The number of hydrogen-bond acceptors (Lipinski definition) is 4. The molecule has 0 fully saturated rings. The third kappa shape index (κ3) is 4.58. The van der Waals surface area contributed by atoms with E-state index in [2.05, 4.69) is 27.5 Å². The van der Waals surface area contributed by atoms with Crippen LogP contribution in [0.4, 0.5) is 5.00 Å². The molecule has 0 radical (unpaired) electrons. The molecule has 30 heavy (non-hydrogen) atoms. The van der Waals surface area contributed by atoms with Gasteiger partial charge in [-0.3, -0.25) is 14.6 Å². The van der Waals surface area contributed by atoms with Gasteiger partial charge in [-0.25, -0.2) is 0 Å². The first kappa shape index (κ1) is 19.9. The molecule has 2 heterocycles. The molecule has 0 saturated heterocycles. The SMILES string of the molecule is O=C(Nc1sc2c(c1C(=O)NCC#Cc1ccccc1)CCCC2)c1cccnc1. The molecule has 0 spiro atoms. The minimum Gasteiger partial charge on any atom is -0.341 e. The second-order valence-electron chi connectivity index (χ2n) is 6.96. The third-order valence-electron chi connectivity index (χ3n) is 4.89. The van der Waals surface area contributed by atoms with Crippen molar-refractivity contribution in [3.63, 3.8) is 0 Å². The fourth-order valence-corrected chi connectivity index (χ4v) is 4.73. The number of amides is 2. The third-order valence-corrected chi connectivity index (χ3v) is 6.10. The second kappa shape index (κ2) is 9.38. The Morgan fingerprint density at radius 2 is 1.87 bits per heavy atom. The first-order valence-electron chi connectivity index (χ1n) is 9.90. The highest BCUT2D eigenvalue weighted by Gasteiger charge is 2.26. The second-order valence-corrected chi connectivity index (χ2v) is 8.07. The average molecular weight is 416 g/mol.